The lowest BCUT2D eigenvalue weighted by Crippen LogP contribution is -2.27. The molecule has 0 spiro atoms. The van der Waals surface area contributed by atoms with Gasteiger partial charge in [-0.2, -0.15) is 0 Å². The van der Waals surface area contributed by atoms with Crippen LogP contribution in [-0.2, 0) is 0 Å². The van der Waals surface area contributed by atoms with E-state index in [9.17, 15) is 0 Å². The minimum atomic E-state index is 0.834. The molecule has 13 heavy (non-hydrogen) atoms. The van der Waals surface area contributed by atoms with Crippen molar-refractivity contribution in [1.29, 1.82) is 0 Å². The van der Waals surface area contributed by atoms with Crippen molar-refractivity contribution in [1.82, 2.24) is 0 Å². The normalized spacial score (nSPS) is 37.4. The zero-order valence-electron chi connectivity index (χ0n) is 9.31. The average Bonchev–Trinajstić information content (AvgIpc) is 2.98. The Bertz CT molecular complexity index is 167. The number of hydrogen-bond acceptors (Lipinski definition) is 0. The fourth-order valence-electron chi connectivity index (χ4n) is 3.65. The summed E-state index contributed by atoms with van der Waals surface area (Å²) in [5.74, 6) is 2.19. The van der Waals surface area contributed by atoms with E-state index < -0.39 is 0 Å². The molecule has 0 saturated heterocycles. The van der Waals surface area contributed by atoms with Crippen LogP contribution in [0.5, 0.6) is 0 Å². The van der Waals surface area contributed by atoms with Crippen LogP contribution in [0.1, 0.15) is 65.2 Å². The van der Waals surface area contributed by atoms with E-state index in [1.807, 2.05) is 0 Å². The second kappa shape index (κ2) is 3.63. The van der Waals surface area contributed by atoms with Crippen molar-refractivity contribution in [2.24, 2.45) is 17.3 Å². The first-order chi connectivity index (χ1) is 6.32. The van der Waals surface area contributed by atoms with E-state index in [1.54, 1.807) is 19.3 Å². The van der Waals surface area contributed by atoms with Gasteiger partial charge in [0.1, 0.15) is 0 Å². The van der Waals surface area contributed by atoms with E-state index in [1.165, 1.54) is 32.1 Å². The van der Waals surface area contributed by atoms with Gasteiger partial charge in [-0.05, 0) is 36.5 Å². The van der Waals surface area contributed by atoms with Gasteiger partial charge < -0.3 is 0 Å². The topological polar surface area (TPSA) is 0 Å². The summed E-state index contributed by atoms with van der Waals surface area (Å²) in [6, 6.07) is 0. The first kappa shape index (κ1) is 9.55. The van der Waals surface area contributed by atoms with Gasteiger partial charge in [-0.25, -0.2) is 0 Å². The maximum absolute atomic E-state index is 2.41. The van der Waals surface area contributed by atoms with Gasteiger partial charge in [0, 0.05) is 0 Å². The van der Waals surface area contributed by atoms with Gasteiger partial charge in [-0.1, -0.05) is 46.0 Å². The van der Waals surface area contributed by atoms with Crippen LogP contribution in [0, 0.1) is 17.3 Å². The summed E-state index contributed by atoms with van der Waals surface area (Å²) >= 11 is 0. The summed E-state index contributed by atoms with van der Waals surface area (Å²) in [6.45, 7) is 4.81. The van der Waals surface area contributed by atoms with Crippen molar-refractivity contribution >= 4 is 0 Å². The molecule has 0 heteroatoms. The van der Waals surface area contributed by atoms with Gasteiger partial charge in [0.05, 0.1) is 0 Å². The highest BCUT2D eigenvalue weighted by Gasteiger charge is 2.49. The maximum Gasteiger partial charge on any atom is -0.0269 e. The van der Waals surface area contributed by atoms with Crippen LogP contribution in [0.25, 0.3) is 0 Å². The van der Waals surface area contributed by atoms with Crippen LogP contribution < -0.4 is 0 Å². The van der Waals surface area contributed by atoms with Crippen LogP contribution in [-0.4, -0.2) is 0 Å². The Kier molecular flexibility index (Phi) is 2.67. The quantitative estimate of drug-likeness (QED) is 0.604. The summed E-state index contributed by atoms with van der Waals surface area (Å²) in [4.78, 5) is 0. The Morgan fingerprint density at radius 2 is 1.77 bits per heavy atom. The van der Waals surface area contributed by atoms with Crippen molar-refractivity contribution in [2.45, 2.75) is 65.2 Å². The second-order valence-corrected chi connectivity index (χ2v) is 5.28. The molecule has 0 N–H and O–H groups in total. The highest BCUT2D eigenvalue weighted by atomic mass is 14.5. The van der Waals surface area contributed by atoms with Gasteiger partial charge in [0.25, 0.3) is 0 Å². The monoisotopic (exact) mass is 180 g/mol. The van der Waals surface area contributed by atoms with Gasteiger partial charge in [-0.3, -0.25) is 0 Å². The van der Waals surface area contributed by atoms with Gasteiger partial charge in [0.15, 0.2) is 0 Å². The van der Waals surface area contributed by atoms with E-state index in [-0.39, 0.29) is 0 Å². The van der Waals surface area contributed by atoms with Crippen LogP contribution in [0.4, 0.5) is 0 Å². The molecule has 2 rings (SSSR count). The molecule has 0 amide bonds. The Labute approximate surface area is 83.1 Å². The van der Waals surface area contributed by atoms with Crippen LogP contribution in [0.3, 0.4) is 0 Å². The Hall–Kier alpha value is 0. The molecule has 0 bridgehead atoms. The molecular formula is C13H24. The molecule has 0 aliphatic heterocycles. The Morgan fingerprint density at radius 3 is 2.31 bits per heavy atom. The van der Waals surface area contributed by atoms with E-state index >= 15 is 0 Å². The van der Waals surface area contributed by atoms with Crippen LogP contribution >= 0.6 is 0 Å². The lowest BCUT2D eigenvalue weighted by atomic mass is 9.69. The number of hydrogen-bond donors (Lipinski definition) is 0. The molecule has 0 aromatic carbocycles. The molecule has 2 saturated carbocycles. The largest absolute Gasteiger partial charge is 0.0651 e. The molecule has 0 aromatic heterocycles. The predicted molar refractivity (Wildman–Crippen MR) is 57.7 cm³/mol. The third-order valence-corrected chi connectivity index (χ3v) is 4.82. The minimum absolute atomic E-state index is 0.834. The van der Waals surface area contributed by atoms with Crippen molar-refractivity contribution in [2.75, 3.05) is 0 Å². The predicted octanol–water partition coefficient (Wildman–Crippen LogP) is 4.39. The van der Waals surface area contributed by atoms with E-state index in [0.29, 0.717) is 0 Å². The molecule has 0 radical (unpaired) electrons. The summed E-state index contributed by atoms with van der Waals surface area (Å²) in [5.41, 5.74) is 0.834. The van der Waals surface area contributed by atoms with Gasteiger partial charge in [0.2, 0.25) is 0 Å². The molecule has 0 heterocycles. The summed E-state index contributed by atoms with van der Waals surface area (Å²) < 4.78 is 0. The lowest BCUT2D eigenvalue weighted by molar-refractivity contribution is 0.135. The molecule has 76 valence electrons. The van der Waals surface area contributed by atoms with Crippen molar-refractivity contribution in [3.8, 4) is 0 Å². The highest BCUT2D eigenvalue weighted by molar-refractivity contribution is 5.00. The first-order valence-corrected chi connectivity index (χ1v) is 6.32. The summed E-state index contributed by atoms with van der Waals surface area (Å²) in [7, 11) is 0. The smallest absolute Gasteiger partial charge is 0.0269 e. The SMILES string of the molecule is CCC1CCCCC1C1(CC)CC1. The van der Waals surface area contributed by atoms with E-state index in [4.69, 9.17) is 0 Å². The third-order valence-electron chi connectivity index (χ3n) is 4.82. The molecule has 2 unspecified atom stereocenters. The zero-order chi connectivity index (χ0) is 9.31. The highest BCUT2D eigenvalue weighted by Crippen LogP contribution is 2.60. The molecular weight excluding hydrogens is 156 g/mol. The third kappa shape index (κ3) is 1.65. The fourth-order valence-corrected chi connectivity index (χ4v) is 3.65. The number of rotatable bonds is 3. The second-order valence-electron chi connectivity index (χ2n) is 5.28. The molecule has 2 aliphatic rings. The van der Waals surface area contributed by atoms with Gasteiger partial charge >= 0.3 is 0 Å². The zero-order valence-corrected chi connectivity index (χ0v) is 9.31. The van der Waals surface area contributed by atoms with Gasteiger partial charge in [-0.15, -0.1) is 0 Å². The van der Waals surface area contributed by atoms with E-state index in [2.05, 4.69) is 13.8 Å². The van der Waals surface area contributed by atoms with Crippen LogP contribution in [0.15, 0.2) is 0 Å². The fraction of sp³-hybridized carbons (Fsp3) is 1.00. The molecule has 2 fully saturated rings. The average molecular weight is 180 g/mol. The van der Waals surface area contributed by atoms with Crippen molar-refractivity contribution < 1.29 is 0 Å². The Balaban J connectivity index is 2.02. The molecule has 2 aliphatic carbocycles. The molecule has 0 aromatic rings. The first-order valence-electron chi connectivity index (χ1n) is 6.32. The maximum atomic E-state index is 2.41. The van der Waals surface area contributed by atoms with Crippen molar-refractivity contribution in [3.63, 3.8) is 0 Å². The summed E-state index contributed by atoms with van der Waals surface area (Å²) in [5, 5.41) is 0. The molecule has 0 nitrogen and oxygen atoms in total. The van der Waals surface area contributed by atoms with E-state index in [0.717, 1.165) is 17.3 Å². The summed E-state index contributed by atoms with van der Waals surface area (Å²) in [6.07, 6.45) is 12.1. The van der Waals surface area contributed by atoms with Crippen molar-refractivity contribution in [3.05, 3.63) is 0 Å². The lowest BCUT2D eigenvalue weighted by Gasteiger charge is -2.37. The van der Waals surface area contributed by atoms with Crippen LogP contribution in [0.2, 0.25) is 0 Å². The minimum Gasteiger partial charge on any atom is -0.0651 e. The molecule has 2 atom stereocenters. The Morgan fingerprint density at radius 1 is 1.08 bits per heavy atom. The standard InChI is InChI=1S/C13H24/c1-3-11-7-5-6-8-12(11)13(4-2)9-10-13/h11-12H,3-10H2,1-2H3.